The van der Waals surface area contributed by atoms with Crippen LogP contribution in [0.1, 0.15) is 12.5 Å². The van der Waals surface area contributed by atoms with Crippen LogP contribution >= 0.6 is 0 Å². The fourth-order valence-electron chi connectivity index (χ4n) is 3.45. The summed E-state index contributed by atoms with van der Waals surface area (Å²) in [4.78, 5) is 12.7. The highest BCUT2D eigenvalue weighted by Crippen LogP contribution is 2.41. The maximum atomic E-state index is 12.7. The Morgan fingerprint density at radius 2 is 1.45 bits per heavy atom. The lowest BCUT2D eigenvalue weighted by atomic mass is 9.98. The number of hydrogen-bond donors (Lipinski definition) is 1. The Labute approximate surface area is 192 Å². The van der Waals surface area contributed by atoms with E-state index in [4.69, 9.17) is 13.9 Å². The van der Waals surface area contributed by atoms with E-state index in [-0.39, 0.29) is 18.1 Å². The minimum Gasteiger partial charge on any atom is -0.490 e. The van der Waals surface area contributed by atoms with E-state index in [2.05, 4.69) is 11.4 Å². The van der Waals surface area contributed by atoms with Crippen molar-refractivity contribution in [2.45, 2.75) is 6.92 Å². The molecule has 0 spiro atoms. The van der Waals surface area contributed by atoms with Gasteiger partial charge >= 0.3 is 0 Å². The van der Waals surface area contributed by atoms with Gasteiger partial charge in [-0.15, -0.1) is 0 Å². The maximum absolute atomic E-state index is 12.7. The van der Waals surface area contributed by atoms with Crippen molar-refractivity contribution >= 4 is 11.8 Å². The number of nitriles is 1. The highest BCUT2D eigenvalue weighted by molar-refractivity contribution is 5.96. The largest absolute Gasteiger partial charge is 0.490 e. The maximum Gasteiger partial charge on any atom is 0.264 e. The van der Waals surface area contributed by atoms with Crippen molar-refractivity contribution in [2.75, 3.05) is 18.5 Å². The molecule has 4 aromatic rings. The fourth-order valence-corrected chi connectivity index (χ4v) is 3.45. The zero-order valence-corrected chi connectivity index (χ0v) is 18.1. The van der Waals surface area contributed by atoms with Crippen LogP contribution in [0.4, 0.5) is 5.88 Å². The van der Waals surface area contributed by atoms with Crippen LogP contribution < -0.4 is 14.8 Å². The monoisotopic (exact) mass is 438 g/mol. The van der Waals surface area contributed by atoms with Crippen LogP contribution in [-0.4, -0.2) is 19.1 Å². The van der Waals surface area contributed by atoms with Gasteiger partial charge in [-0.3, -0.25) is 10.1 Å². The first-order valence-electron chi connectivity index (χ1n) is 10.5. The number of nitrogens with zero attached hydrogens (tertiary/aromatic N) is 1. The van der Waals surface area contributed by atoms with Gasteiger partial charge in [-0.1, -0.05) is 72.8 Å². The first kappa shape index (κ1) is 21.7. The summed E-state index contributed by atoms with van der Waals surface area (Å²) in [5.74, 6) is 1.16. The van der Waals surface area contributed by atoms with Gasteiger partial charge in [-0.25, -0.2) is 0 Å². The second-order valence-corrected chi connectivity index (χ2v) is 7.07. The van der Waals surface area contributed by atoms with Crippen LogP contribution in [0.2, 0.25) is 0 Å². The predicted octanol–water partition coefficient (Wildman–Crippen LogP) is 5.90. The van der Waals surface area contributed by atoms with E-state index >= 15 is 0 Å². The average molecular weight is 438 g/mol. The van der Waals surface area contributed by atoms with Crippen LogP contribution in [0, 0.1) is 11.3 Å². The lowest BCUT2D eigenvalue weighted by Gasteiger charge is -2.11. The lowest BCUT2D eigenvalue weighted by molar-refractivity contribution is -0.118. The zero-order chi connectivity index (χ0) is 23.0. The molecule has 1 N–H and O–H groups in total. The number of furan rings is 1. The minimum absolute atomic E-state index is 0.0851. The number of anilines is 1. The molecule has 1 aromatic heterocycles. The quantitative estimate of drug-likeness (QED) is 0.370. The molecule has 0 saturated heterocycles. The molecule has 3 aromatic carbocycles. The van der Waals surface area contributed by atoms with Crippen molar-refractivity contribution in [1.82, 2.24) is 0 Å². The summed E-state index contributed by atoms with van der Waals surface area (Å²) in [5.41, 5.74) is 2.50. The van der Waals surface area contributed by atoms with Crippen LogP contribution in [0.25, 0.3) is 22.5 Å². The molecule has 0 bridgehead atoms. The van der Waals surface area contributed by atoms with E-state index in [1.54, 1.807) is 18.2 Å². The van der Waals surface area contributed by atoms with Gasteiger partial charge in [0.25, 0.3) is 5.91 Å². The summed E-state index contributed by atoms with van der Waals surface area (Å²) >= 11 is 0. The third-order valence-corrected chi connectivity index (χ3v) is 4.88. The average Bonchev–Trinajstić information content (AvgIpc) is 3.22. The number of nitrogens with one attached hydrogen (secondary N) is 1. The second-order valence-electron chi connectivity index (χ2n) is 7.07. The molecule has 0 saturated carbocycles. The molecular weight excluding hydrogens is 416 g/mol. The van der Waals surface area contributed by atoms with Crippen molar-refractivity contribution in [1.29, 1.82) is 5.26 Å². The molecule has 0 aliphatic rings. The Hall–Kier alpha value is -4.50. The van der Waals surface area contributed by atoms with Crippen molar-refractivity contribution < 1.29 is 18.7 Å². The van der Waals surface area contributed by atoms with Crippen LogP contribution in [0.3, 0.4) is 0 Å². The van der Waals surface area contributed by atoms with E-state index in [9.17, 15) is 10.1 Å². The first-order valence-corrected chi connectivity index (χ1v) is 10.5. The molecule has 1 amide bonds. The molecule has 33 heavy (non-hydrogen) atoms. The molecule has 0 atom stereocenters. The SMILES string of the molecule is CCOc1ccccc1OCC(=O)Nc1oc(-c2ccccc2)c(-c2ccccc2)c1C#N. The molecule has 164 valence electrons. The third-order valence-electron chi connectivity index (χ3n) is 4.88. The van der Waals surface area contributed by atoms with Crippen molar-refractivity contribution in [2.24, 2.45) is 0 Å². The van der Waals surface area contributed by atoms with Gasteiger partial charge in [-0.2, -0.15) is 5.26 Å². The summed E-state index contributed by atoms with van der Waals surface area (Å²) < 4.78 is 17.2. The minimum atomic E-state index is -0.453. The molecule has 0 aliphatic carbocycles. The van der Waals surface area contributed by atoms with Gasteiger partial charge < -0.3 is 13.9 Å². The molecule has 0 aliphatic heterocycles. The number of amides is 1. The van der Waals surface area contributed by atoms with Crippen molar-refractivity contribution in [3.05, 3.63) is 90.5 Å². The highest BCUT2D eigenvalue weighted by Gasteiger charge is 2.24. The van der Waals surface area contributed by atoms with E-state index in [1.165, 1.54) is 0 Å². The summed E-state index contributed by atoms with van der Waals surface area (Å²) in [6.07, 6.45) is 0. The molecule has 0 fully saturated rings. The lowest BCUT2D eigenvalue weighted by Crippen LogP contribution is -2.20. The third kappa shape index (κ3) is 4.89. The smallest absolute Gasteiger partial charge is 0.264 e. The Morgan fingerprint density at radius 3 is 2.06 bits per heavy atom. The summed E-state index contributed by atoms with van der Waals surface area (Å²) in [7, 11) is 0. The zero-order valence-electron chi connectivity index (χ0n) is 18.1. The topological polar surface area (TPSA) is 84.5 Å². The number of benzene rings is 3. The second kappa shape index (κ2) is 10.2. The predicted molar refractivity (Wildman–Crippen MR) is 126 cm³/mol. The van der Waals surface area contributed by atoms with Gasteiger partial charge in [0.15, 0.2) is 18.1 Å². The molecule has 0 radical (unpaired) electrons. The standard InChI is InChI=1S/C27H22N2O4/c1-2-31-22-15-9-10-16-23(22)32-18-24(30)29-27-21(17-28)25(19-11-5-3-6-12-19)26(33-27)20-13-7-4-8-14-20/h3-16H,2,18H2,1H3,(H,29,30). The Kier molecular flexibility index (Phi) is 6.72. The molecule has 6 nitrogen and oxygen atoms in total. The number of para-hydroxylation sites is 2. The molecule has 6 heteroatoms. The van der Waals surface area contributed by atoms with E-state index in [1.807, 2.05) is 73.7 Å². The van der Waals surface area contributed by atoms with E-state index in [0.717, 1.165) is 11.1 Å². The fraction of sp³-hybridized carbons (Fsp3) is 0.111. The van der Waals surface area contributed by atoms with Crippen LogP contribution in [0.15, 0.2) is 89.3 Å². The van der Waals surface area contributed by atoms with Crippen LogP contribution in [0.5, 0.6) is 11.5 Å². The highest BCUT2D eigenvalue weighted by atomic mass is 16.5. The summed E-state index contributed by atoms with van der Waals surface area (Å²) in [6.45, 7) is 2.09. The Balaban J connectivity index is 1.63. The Morgan fingerprint density at radius 1 is 0.879 bits per heavy atom. The van der Waals surface area contributed by atoms with E-state index in [0.29, 0.717) is 29.4 Å². The van der Waals surface area contributed by atoms with Crippen molar-refractivity contribution in [3.8, 4) is 40.0 Å². The molecule has 4 rings (SSSR count). The molecule has 0 unspecified atom stereocenters. The first-order chi connectivity index (χ1) is 16.2. The molecule has 1 heterocycles. The normalized spacial score (nSPS) is 10.3. The van der Waals surface area contributed by atoms with E-state index < -0.39 is 5.91 Å². The molecular formula is C27H22N2O4. The van der Waals surface area contributed by atoms with Gasteiger partial charge in [-0.05, 0) is 24.6 Å². The summed E-state index contributed by atoms with van der Waals surface area (Å²) in [6, 6.07) is 28.3. The Bertz CT molecular complexity index is 1270. The summed E-state index contributed by atoms with van der Waals surface area (Å²) in [5, 5.41) is 12.6. The van der Waals surface area contributed by atoms with Gasteiger partial charge in [0, 0.05) is 11.1 Å². The number of rotatable bonds is 8. The number of ether oxygens (including phenoxy) is 2. The van der Waals surface area contributed by atoms with Gasteiger partial charge in [0.1, 0.15) is 17.4 Å². The van der Waals surface area contributed by atoms with Crippen LogP contribution in [-0.2, 0) is 4.79 Å². The number of carbonyl (C=O) groups excluding carboxylic acids is 1. The number of carbonyl (C=O) groups is 1. The number of hydrogen-bond acceptors (Lipinski definition) is 5. The van der Waals surface area contributed by atoms with Gasteiger partial charge in [0.05, 0.1) is 6.61 Å². The van der Waals surface area contributed by atoms with Crippen molar-refractivity contribution in [3.63, 3.8) is 0 Å². The van der Waals surface area contributed by atoms with Gasteiger partial charge in [0.2, 0.25) is 5.88 Å².